The molecule has 4 rings (SSSR count). The Hall–Kier alpha value is -1.24. The number of anilines is 1. The zero-order valence-corrected chi connectivity index (χ0v) is 16.8. The van der Waals surface area contributed by atoms with Crippen LogP contribution >= 0.6 is 27.3 Å². The normalized spacial score (nSPS) is 18.6. The first-order chi connectivity index (χ1) is 12.1. The Morgan fingerprint density at radius 2 is 2.12 bits per heavy atom. The Balaban J connectivity index is 1.36. The zero-order chi connectivity index (χ0) is 17.4. The Kier molecular flexibility index (Phi) is 4.93. The van der Waals surface area contributed by atoms with E-state index in [0.29, 0.717) is 5.91 Å². The quantitative estimate of drug-likeness (QED) is 0.753. The van der Waals surface area contributed by atoms with E-state index in [2.05, 4.69) is 43.3 Å². The molecule has 2 aromatic rings. The van der Waals surface area contributed by atoms with Gasteiger partial charge in [-0.15, -0.1) is 11.3 Å². The number of thiazole rings is 1. The number of carbonyl (C=O) groups is 1. The van der Waals surface area contributed by atoms with Gasteiger partial charge in [-0.25, -0.2) is 4.98 Å². The number of hydrogen-bond donors (Lipinski definition) is 0. The summed E-state index contributed by atoms with van der Waals surface area (Å²) in [6.07, 6.45) is 2.86. The molecule has 2 aliphatic rings. The molecule has 1 saturated heterocycles. The molecule has 0 spiro atoms. The van der Waals surface area contributed by atoms with Gasteiger partial charge in [-0.3, -0.25) is 9.69 Å². The first-order valence-electron chi connectivity index (χ1n) is 8.83. The highest BCUT2D eigenvalue weighted by Crippen LogP contribution is 2.33. The summed E-state index contributed by atoms with van der Waals surface area (Å²) in [4.78, 5) is 22.0. The second-order valence-corrected chi connectivity index (χ2v) is 8.90. The van der Waals surface area contributed by atoms with Gasteiger partial charge in [-0.2, -0.15) is 0 Å². The molecule has 6 heteroatoms. The summed E-state index contributed by atoms with van der Waals surface area (Å²) in [5.41, 5.74) is 3.54. The summed E-state index contributed by atoms with van der Waals surface area (Å²) in [6.45, 7) is 5.74. The van der Waals surface area contributed by atoms with Crippen molar-refractivity contribution in [3.8, 4) is 0 Å². The van der Waals surface area contributed by atoms with Crippen LogP contribution in [0, 0.1) is 12.8 Å². The van der Waals surface area contributed by atoms with Crippen molar-refractivity contribution >= 4 is 38.9 Å². The minimum Gasteiger partial charge on any atom is -0.312 e. The lowest BCUT2D eigenvalue weighted by Gasteiger charge is -2.33. The first kappa shape index (κ1) is 17.2. The van der Waals surface area contributed by atoms with Crippen molar-refractivity contribution in [1.29, 1.82) is 0 Å². The maximum Gasteiger partial charge on any atom is 0.230 e. The first-order valence-corrected chi connectivity index (χ1v) is 10.5. The number of aromatic nitrogens is 1. The number of piperidine rings is 1. The Bertz CT molecular complexity index is 783. The van der Waals surface area contributed by atoms with E-state index in [1.54, 1.807) is 11.3 Å². The van der Waals surface area contributed by atoms with E-state index < -0.39 is 0 Å². The van der Waals surface area contributed by atoms with Crippen LogP contribution in [0.2, 0.25) is 0 Å². The molecular formula is C19H22BrN3OS. The molecule has 1 aromatic heterocycles. The monoisotopic (exact) mass is 419 g/mol. The lowest BCUT2D eigenvalue weighted by Crippen LogP contribution is -2.42. The molecule has 1 aromatic carbocycles. The van der Waals surface area contributed by atoms with Crippen LogP contribution in [0.5, 0.6) is 0 Å². The van der Waals surface area contributed by atoms with E-state index in [1.807, 2.05) is 17.9 Å². The zero-order valence-electron chi connectivity index (χ0n) is 14.4. The maximum atomic E-state index is 13.0. The average Bonchev–Trinajstić information content (AvgIpc) is 3.20. The molecule has 1 fully saturated rings. The minimum atomic E-state index is 0.156. The van der Waals surface area contributed by atoms with E-state index in [9.17, 15) is 4.79 Å². The van der Waals surface area contributed by atoms with Gasteiger partial charge < -0.3 is 4.90 Å². The van der Waals surface area contributed by atoms with Crippen LogP contribution in [0.25, 0.3) is 0 Å². The van der Waals surface area contributed by atoms with Crippen LogP contribution in [0.15, 0.2) is 28.1 Å². The number of amides is 1. The molecule has 0 N–H and O–H groups in total. The molecule has 132 valence electrons. The molecule has 0 saturated carbocycles. The van der Waals surface area contributed by atoms with Gasteiger partial charge in [-0.1, -0.05) is 15.9 Å². The number of halogens is 1. The van der Waals surface area contributed by atoms with Crippen molar-refractivity contribution in [2.75, 3.05) is 24.5 Å². The van der Waals surface area contributed by atoms with Gasteiger partial charge in [0.2, 0.25) is 5.91 Å². The van der Waals surface area contributed by atoms with Crippen LogP contribution in [0.4, 0.5) is 5.69 Å². The fourth-order valence-electron chi connectivity index (χ4n) is 3.87. The minimum absolute atomic E-state index is 0.156. The van der Waals surface area contributed by atoms with E-state index in [1.165, 1.54) is 5.56 Å². The smallest absolute Gasteiger partial charge is 0.230 e. The third kappa shape index (κ3) is 3.66. The molecule has 0 aliphatic carbocycles. The number of likely N-dealkylation sites (tertiary alicyclic amines) is 1. The van der Waals surface area contributed by atoms with Crippen molar-refractivity contribution < 1.29 is 4.79 Å². The van der Waals surface area contributed by atoms with E-state index in [0.717, 1.165) is 66.3 Å². The second-order valence-electron chi connectivity index (χ2n) is 6.92. The molecule has 0 unspecified atom stereocenters. The van der Waals surface area contributed by atoms with Crippen LogP contribution in [0.1, 0.15) is 29.1 Å². The summed E-state index contributed by atoms with van der Waals surface area (Å²) in [5.74, 6) is 0.466. The van der Waals surface area contributed by atoms with Gasteiger partial charge in [0.15, 0.2) is 0 Å². The molecule has 2 aliphatic heterocycles. The molecule has 0 atom stereocenters. The second kappa shape index (κ2) is 7.17. The van der Waals surface area contributed by atoms with Crippen molar-refractivity contribution in [1.82, 2.24) is 9.88 Å². The standard InChI is InChI=1S/C19H22BrN3OS/c1-13-21-17(12-25-13)11-22-7-4-14(5-8-22)19(24)23-9-6-15-10-16(20)2-3-18(15)23/h2-3,10,12,14H,4-9,11H2,1H3. The van der Waals surface area contributed by atoms with Crippen molar-refractivity contribution in [3.05, 3.63) is 44.3 Å². The summed E-state index contributed by atoms with van der Waals surface area (Å²) in [6, 6.07) is 6.24. The van der Waals surface area contributed by atoms with Gasteiger partial charge in [0.05, 0.1) is 10.7 Å². The molecular weight excluding hydrogens is 398 g/mol. The maximum absolute atomic E-state index is 13.0. The third-order valence-electron chi connectivity index (χ3n) is 5.19. The van der Waals surface area contributed by atoms with Gasteiger partial charge in [0.25, 0.3) is 0 Å². The van der Waals surface area contributed by atoms with Crippen LogP contribution in [0.3, 0.4) is 0 Å². The van der Waals surface area contributed by atoms with Crippen LogP contribution in [-0.2, 0) is 17.8 Å². The Morgan fingerprint density at radius 1 is 1.32 bits per heavy atom. The van der Waals surface area contributed by atoms with Gasteiger partial charge in [-0.05, 0) is 63.0 Å². The SMILES string of the molecule is Cc1nc(CN2CCC(C(=O)N3CCc4cc(Br)ccc43)CC2)cs1. The number of fused-ring (bicyclic) bond motifs is 1. The van der Waals surface area contributed by atoms with E-state index in [4.69, 9.17) is 0 Å². The summed E-state index contributed by atoms with van der Waals surface area (Å²) >= 11 is 5.23. The fourth-order valence-corrected chi connectivity index (χ4v) is 4.88. The van der Waals surface area contributed by atoms with Crippen molar-refractivity contribution in [3.63, 3.8) is 0 Å². The summed E-state index contributed by atoms with van der Waals surface area (Å²) in [7, 11) is 0. The fraction of sp³-hybridized carbons (Fsp3) is 0.474. The van der Waals surface area contributed by atoms with Gasteiger partial charge in [0.1, 0.15) is 0 Å². The van der Waals surface area contributed by atoms with Crippen LogP contribution in [-0.4, -0.2) is 35.4 Å². The summed E-state index contributed by atoms with van der Waals surface area (Å²) in [5, 5.41) is 3.27. The van der Waals surface area contributed by atoms with Gasteiger partial charge in [0, 0.05) is 34.5 Å². The van der Waals surface area contributed by atoms with Gasteiger partial charge >= 0.3 is 0 Å². The van der Waals surface area contributed by atoms with Crippen molar-refractivity contribution in [2.24, 2.45) is 5.92 Å². The largest absolute Gasteiger partial charge is 0.312 e. The number of nitrogens with zero attached hydrogens (tertiary/aromatic N) is 3. The van der Waals surface area contributed by atoms with E-state index >= 15 is 0 Å². The van der Waals surface area contributed by atoms with E-state index in [-0.39, 0.29) is 5.92 Å². The molecule has 25 heavy (non-hydrogen) atoms. The highest BCUT2D eigenvalue weighted by Gasteiger charge is 2.32. The lowest BCUT2D eigenvalue weighted by atomic mass is 9.95. The number of carbonyl (C=O) groups excluding carboxylic acids is 1. The highest BCUT2D eigenvalue weighted by atomic mass is 79.9. The highest BCUT2D eigenvalue weighted by molar-refractivity contribution is 9.10. The topological polar surface area (TPSA) is 36.4 Å². The number of aryl methyl sites for hydroxylation is 1. The number of hydrogen-bond acceptors (Lipinski definition) is 4. The summed E-state index contributed by atoms with van der Waals surface area (Å²) < 4.78 is 1.09. The van der Waals surface area contributed by atoms with Crippen molar-refractivity contribution in [2.45, 2.75) is 32.7 Å². The number of rotatable bonds is 3. The lowest BCUT2D eigenvalue weighted by molar-refractivity contribution is -0.123. The molecule has 0 bridgehead atoms. The predicted molar refractivity (Wildman–Crippen MR) is 105 cm³/mol. The Labute approximate surface area is 161 Å². The predicted octanol–water partition coefficient (Wildman–Crippen LogP) is 4.02. The molecule has 4 nitrogen and oxygen atoms in total. The third-order valence-corrected chi connectivity index (χ3v) is 6.51. The Morgan fingerprint density at radius 3 is 2.84 bits per heavy atom. The molecule has 0 radical (unpaired) electrons. The molecule has 1 amide bonds. The average molecular weight is 420 g/mol. The van der Waals surface area contributed by atoms with Crippen LogP contribution < -0.4 is 4.90 Å². The molecule has 3 heterocycles. The number of benzene rings is 1.